The number of carbonyl (C=O) groups is 2. The molecular weight excluding hydrogens is 689 g/mol. The average Bonchev–Trinajstić information content (AvgIpc) is 3.14. The second-order valence-corrected chi connectivity index (χ2v) is 13.3. The van der Waals surface area contributed by atoms with Gasteiger partial charge in [0.2, 0.25) is 0 Å². The fourth-order valence-corrected chi connectivity index (χ4v) is 4.98. The number of rotatable bonds is 33. The highest BCUT2D eigenvalue weighted by atomic mass is 31.2. The number of carbonyl (C=O) groups excluding carboxylic acids is 2. The number of ether oxygens (including phenoxy) is 2. The van der Waals surface area contributed by atoms with Crippen LogP contribution in [0.4, 0.5) is 0 Å². The Kier molecular flexibility index (Phi) is 35.6. The lowest BCUT2D eigenvalue weighted by molar-refractivity contribution is -0.161. The third kappa shape index (κ3) is 38.0. The molecule has 0 fully saturated rings. The second kappa shape index (κ2) is 38.1. The van der Waals surface area contributed by atoms with Crippen molar-refractivity contribution in [1.82, 2.24) is 0 Å². The summed E-state index contributed by atoms with van der Waals surface area (Å²) in [6, 6.07) is 0. The van der Waals surface area contributed by atoms with E-state index in [2.05, 4.69) is 80.7 Å². The molecular formula is C43H66NO8P. The highest BCUT2D eigenvalue weighted by molar-refractivity contribution is 7.47. The van der Waals surface area contributed by atoms with E-state index in [0.29, 0.717) is 19.3 Å². The van der Waals surface area contributed by atoms with Gasteiger partial charge in [-0.3, -0.25) is 18.6 Å². The summed E-state index contributed by atoms with van der Waals surface area (Å²) in [5, 5.41) is 0. The molecule has 0 aliphatic heterocycles. The predicted molar refractivity (Wildman–Crippen MR) is 219 cm³/mol. The van der Waals surface area contributed by atoms with Gasteiger partial charge in [0.15, 0.2) is 6.10 Å². The van der Waals surface area contributed by atoms with Gasteiger partial charge in [0.1, 0.15) is 6.61 Å². The van der Waals surface area contributed by atoms with E-state index in [1.54, 1.807) is 0 Å². The van der Waals surface area contributed by atoms with Gasteiger partial charge in [-0.2, -0.15) is 0 Å². The normalized spacial score (nSPS) is 14.7. The standard InChI is InChI=1S/C43H66NO8P/c1-3-5-7-9-11-13-15-17-18-19-20-21-22-24-25-27-29-31-33-35-42(45)49-39-41(40-51-53(47,48)50-38-37-44)52-43(46)36-34-32-30-28-26-23-16-14-12-10-8-6-4-2/h5-8,10-14,16-18,20-21,23-26,28,30,41H,3-4,9,15,19,22,27,29,31-40,44H2,1-2H3,(H,47,48)/b7-5+,8-6+,12-10+,13-11+,16-14+,18-17+,21-20+,25-24+,26-23+,30-28+. The van der Waals surface area contributed by atoms with Crippen LogP contribution in [0.2, 0.25) is 0 Å². The molecule has 9 nitrogen and oxygen atoms in total. The minimum Gasteiger partial charge on any atom is -0.462 e. The second-order valence-electron chi connectivity index (χ2n) is 11.8. The molecule has 0 aromatic rings. The molecule has 53 heavy (non-hydrogen) atoms. The van der Waals surface area contributed by atoms with Crippen LogP contribution in [0.5, 0.6) is 0 Å². The first-order valence-corrected chi connectivity index (χ1v) is 20.6. The first kappa shape index (κ1) is 49.4. The first-order valence-electron chi connectivity index (χ1n) is 19.1. The van der Waals surface area contributed by atoms with Crippen LogP contribution in [0, 0.1) is 0 Å². The van der Waals surface area contributed by atoms with E-state index in [4.69, 9.17) is 24.3 Å². The molecule has 0 aliphatic rings. The van der Waals surface area contributed by atoms with Crippen molar-refractivity contribution in [2.75, 3.05) is 26.4 Å². The van der Waals surface area contributed by atoms with Gasteiger partial charge in [0.05, 0.1) is 13.2 Å². The van der Waals surface area contributed by atoms with E-state index in [1.165, 1.54) is 0 Å². The SMILES string of the molecule is CC/C=C/C=C/C=C/C=C/C=C/CCCC(=O)OC(COC(=O)CCCCC/C=C/C/C=C/C/C=C/C/C=C/C/C=C/CC)COP(=O)(O)OCCN. The number of allylic oxidation sites excluding steroid dienone is 20. The van der Waals surface area contributed by atoms with Gasteiger partial charge in [-0.25, -0.2) is 4.57 Å². The Labute approximate surface area is 320 Å². The first-order chi connectivity index (χ1) is 25.8. The maximum Gasteiger partial charge on any atom is 0.472 e. The van der Waals surface area contributed by atoms with Crippen LogP contribution < -0.4 is 5.73 Å². The molecule has 0 heterocycles. The van der Waals surface area contributed by atoms with Crippen LogP contribution in [0.1, 0.15) is 104 Å². The zero-order valence-electron chi connectivity index (χ0n) is 32.2. The number of hydrogen-bond donors (Lipinski definition) is 2. The number of hydrogen-bond acceptors (Lipinski definition) is 8. The van der Waals surface area contributed by atoms with E-state index in [1.807, 2.05) is 54.7 Å². The Morgan fingerprint density at radius 1 is 0.585 bits per heavy atom. The third-order valence-corrected chi connectivity index (χ3v) is 7.96. The molecule has 0 aromatic heterocycles. The highest BCUT2D eigenvalue weighted by Gasteiger charge is 2.25. The fraction of sp³-hybridized carbons (Fsp3) is 0.488. The van der Waals surface area contributed by atoms with Crippen molar-refractivity contribution >= 4 is 19.8 Å². The van der Waals surface area contributed by atoms with Crippen LogP contribution >= 0.6 is 7.82 Å². The lowest BCUT2D eigenvalue weighted by atomic mass is 10.1. The maximum absolute atomic E-state index is 12.5. The lowest BCUT2D eigenvalue weighted by Crippen LogP contribution is -2.29. The number of esters is 2. The van der Waals surface area contributed by atoms with E-state index < -0.39 is 32.5 Å². The fourth-order valence-electron chi connectivity index (χ4n) is 4.22. The molecule has 2 unspecified atom stereocenters. The topological polar surface area (TPSA) is 134 Å². The molecule has 0 saturated carbocycles. The lowest BCUT2D eigenvalue weighted by Gasteiger charge is -2.19. The molecule has 0 aromatic carbocycles. The molecule has 2 atom stereocenters. The summed E-state index contributed by atoms with van der Waals surface area (Å²) >= 11 is 0. The van der Waals surface area contributed by atoms with E-state index in [0.717, 1.165) is 57.8 Å². The maximum atomic E-state index is 12.5. The van der Waals surface area contributed by atoms with Gasteiger partial charge >= 0.3 is 19.8 Å². The number of phosphoric acid groups is 1. The minimum atomic E-state index is -4.41. The molecule has 0 radical (unpaired) electrons. The Balaban J connectivity index is 4.41. The average molecular weight is 756 g/mol. The van der Waals surface area contributed by atoms with Crippen molar-refractivity contribution in [2.24, 2.45) is 5.73 Å². The van der Waals surface area contributed by atoms with Gasteiger partial charge in [0.25, 0.3) is 0 Å². The molecule has 0 bridgehead atoms. The monoisotopic (exact) mass is 755 g/mol. The molecule has 10 heteroatoms. The van der Waals surface area contributed by atoms with Crippen LogP contribution in [0.15, 0.2) is 122 Å². The van der Waals surface area contributed by atoms with Gasteiger partial charge in [0, 0.05) is 19.4 Å². The Bertz CT molecular complexity index is 1270. The van der Waals surface area contributed by atoms with Gasteiger partial charge < -0.3 is 20.1 Å². The zero-order valence-corrected chi connectivity index (χ0v) is 33.1. The predicted octanol–water partition coefficient (Wildman–Crippen LogP) is 10.6. The van der Waals surface area contributed by atoms with Crippen LogP contribution in [0.3, 0.4) is 0 Å². The largest absolute Gasteiger partial charge is 0.472 e. The molecule has 0 rings (SSSR count). The molecule has 0 saturated heterocycles. The summed E-state index contributed by atoms with van der Waals surface area (Å²) in [7, 11) is -4.41. The molecule has 0 amide bonds. The van der Waals surface area contributed by atoms with Gasteiger partial charge in [-0.15, -0.1) is 0 Å². The van der Waals surface area contributed by atoms with Crippen LogP contribution in [-0.4, -0.2) is 49.3 Å². The van der Waals surface area contributed by atoms with Crippen LogP contribution in [0.25, 0.3) is 0 Å². The smallest absolute Gasteiger partial charge is 0.462 e. The number of nitrogens with two attached hydrogens (primary N) is 1. The van der Waals surface area contributed by atoms with Crippen molar-refractivity contribution in [3.05, 3.63) is 122 Å². The minimum absolute atomic E-state index is 0.0292. The molecule has 0 aliphatic carbocycles. The van der Waals surface area contributed by atoms with Crippen LogP contribution in [-0.2, 0) is 32.7 Å². The molecule has 3 N–H and O–H groups in total. The summed E-state index contributed by atoms with van der Waals surface area (Å²) in [6.07, 6.45) is 51.0. The Morgan fingerprint density at radius 3 is 1.68 bits per heavy atom. The van der Waals surface area contributed by atoms with Crippen molar-refractivity contribution in [3.8, 4) is 0 Å². The number of phosphoric ester groups is 1. The quantitative estimate of drug-likeness (QED) is 0.0221. The summed E-state index contributed by atoms with van der Waals surface area (Å²) in [5.74, 6) is -0.971. The van der Waals surface area contributed by atoms with Gasteiger partial charge in [-0.05, 0) is 70.6 Å². The summed E-state index contributed by atoms with van der Waals surface area (Å²) in [4.78, 5) is 34.7. The summed E-state index contributed by atoms with van der Waals surface area (Å²) in [6.45, 7) is 3.29. The van der Waals surface area contributed by atoms with E-state index in [-0.39, 0.29) is 32.6 Å². The van der Waals surface area contributed by atoms with Crippen molar-refractivity contribution in [1.29, 1.82) is 0 Å². The third-order valence-electron chi connectivity index (χ3n) is 6.97. The highest BCUT2D eigenvalue weighted by Crippen LogP contribution is 2.43. The summed E-state index contributed by atoms with van der Waals surface area (Å²) < 4.78 is 32.5. The summed E-state index contributed by atoms with van der Waals surface area (Å²) in [5.41, 5.74) is 5.32. The zero-order chi connectivity index (χ0) is 38.9. The van der Waals surface area contributed by atoms with Crippen molar-refractivity contribution in [2.45, 2.75) is 110 Å². The van der Waals surface area contributed by atoms with E-state index in [9.17, 15) is 19.0 Å². The Hall–Kier alpha value is -3.59. The van der Waals surface area contributed by atoms with Gasteiger partial charge in [-0.1, -0.05) is 142 Å². The number of unbranched alkanes of at least 4 members (excludes halogenated alkanes) is 4. The van der Waals surface area contributed by atoms with Crippen molar-refractivity contribution < 1.29 is 37.6 Å². The van der Waals surface area contributed by atoms with E-state index >= 15 is 0 Å². The van der Waals surface area contributed by atoms with Crippen molar-refractivity contribution in [3.63, 3.8) is 0 Å². The Morgan fingerprint density at radius 2 is 1.09 bits per heavy atom. The molecule has 296 valence electrons. The molecule has 0 spiro atoms.